The Morgan fingerprint density at radius 2 is 1.96 bits per heavy atom. The molecule has 142 valence electrons. The fourth-order valence-electron chi connectivity index (χ4n) is 2.60. The minimum absolute atomic E-state index is 0.0602. The number of hydrogen-bond donors (Lipinski definition) is 2. The number of benzene rings is 1. The average molecular weight is 427 g/mol. The van der Waals surface area contributed by atoms with Gasteiger partial charge in [0.2, 0.25) is 0 Å². The molecular formula is C18H23BrN2O5. The second-order valence-electron chi connectivity index (χ2n) is 7.00. The molecule has 0 radical (unpaired) electrons. The molecule has 26 heavy (non-hydrogen) atoms. The van der Waals surface area contributed by atoms with Gasteiger partial charge in [0, 0.05) is 12.7 Å². The van der Waals surface area contributed by atoms with Gasteiger partial charge in [0.25, 0.3) is 0 Å². The lowest BCUT2D eigenvalue weighted by molar-refractivity contribution is -0.150. The second kappa shape index (κ2) is 7.19. The first-order valence-corrected chi connectivity index (χ1v) is 8.80. The van der Waals surface area contributed by atoms with E-state index in [0.717, 1.165) is 0 Å². The van der Waals surface area contributed by atoms with E-state index in [1.807, 2.05) is 0 Å². The highest BCUT2D eigenvalue weighted by atomic mass is 79.9. The van der Waals surface area contributed by atoms with Crippen molar-refractivity contribution in [3.05, 3.63) is 33.4 Å². The van der Waals surface area contributed by atoms with Crippen LogP contribution in [0.1, 0.15) is 39.3 Å². The first kappa shape index (κ1) is 20.1. The Labute approximate surface area is 161 Å². The van der Waals surface area contributed by atoms with E-state index in [1.54, 1.807) is 46.9 Å². The van der Waals surface area contributed by atoms with Crippen LogP contribution in [0.4, 0.5) is 4.79 Å². The summed E-state index contributed by atoms with van der Waals surface area (Å²) in [6, 6.07) is 2.13. The number of allylic oxidation sites excluding steroid dienone is 1. The summed E-state index contributed by atoms with van der Waals surface area (Å²) in [5.41, 5.74) is 0.716. The van der Waals surface area contributed by atoms with Crippen LogP contribution in [0.3, 0.4) is 0 Å². The average Bonchev–Trinajstić information content (AvgIpc) is 2.52. The summed E-state index contributed by atoms with van der Waals surface area (Å²) < 4.78 is 11.1. The highest BCUT2D eigenvalue weighted by molar-refractivity contribution is 9.10. The Morgan fingerprint density at radius 3 is 2.50 bits per heavy atom. The zero-order valence-corrected chi connectivity index (χ0v) is 17.2. The molecule has 0 bridgehead atoms. The van der Waals surface area contributed by atoms with Gasteiger partial charge in [-0.2, -0.15) is 0 Å². The summed E-state index contributed by atoms with van der Waals surface area (Å²) in [5.74, 6) is -0.353. The fraction of sp³-hybridized carbons (Fsp3) is 0.444. The SMILES string of the molecule is COc1cc(C2NC(=O)N(C)C(C)=C2C(=O)OC(C)(C)C)cc(Br)c1O. The molecule has 1 heterocycles. The number of aromatic hydroxyl groups is 1. The van der Waals surface area contributed by atoms with Crippen molar-refractivity contribution in [2.75, 3.05) is 14.2 Å². The van der Waals surface area contributed by atoms with Crippen LogP contribution in [0.2, 0.25) is 0 Å². The number of nitrogens with zero attached hydrogens (tertiary/aromatic N) is 1. The van der Waals surface area contributed by atoms with Crippen molar-refractivity contribution in [3.63, 3.8) is 0 Å². The molecule has 1 aromatic rings. The Bertz CT molecular complexity index is 783. The third kappa shape index (κ3) is 3.95. The predicted molar refractivity (Wildman–Crippen MR) is 99.9 cm³/mol. The summed E-state index contributed by atoms with van der Waals surface area (Å²) in [6.45, 7) is 7.03. The maximum atomic E-state index is 12.8. The number of carbonyl (C=O) groups excluding carboxylic acids is 2. The Hall–Kier alpha value is -2.22. The quantitative estimate of drug-likeness (QED) is 0.722. The number of nitrogens with one attached hydrogen (secondary N) is 1. The fourth-order valence-corrected chi connectivity index (χ4v) is 3.06. The number of phenolic OH excluding ortho intramolecular Hbond substituents is 1. The number of carbonyl (C=O) groups is 2. The lowest BCUT2D eigenvalue weighted by atomic mass is 9.94. The first-order valence-electron chi connectivity index (χ1n) is 8.01. The number of hydrogen-bond acceptors (Lipinski definition) is 5. The zero-order valence-electron chi connectivity index (χ0n) is 15.6. The van der Waals surface area contributed by atoms with Gasteiger partial charge in [0.15, 0.2) is 11.5 Å². The van der Waals surface area contributed by atoms with Crippen LogP contribution in [0.15, 0.2) is 27.9 Å². The summed E-state index contributed by atoms with van der Waals surface area (Å²) >= 11 is 3.27. The largest absolute Gasteiger partial charge is 0.503 e. The molecule has 2 N–H and O–H groups in total. The van der Waals surface area contributed by atoms with E-state index in [4.69, 9.17) is 9.47 Å². The van der Waals surface area contributed by atoms with Gasteiger partial charge in [0.05, 0.1) is 23.2 Å². The topological polar surface area (TPSA) is 88.1 Å². The van der Waals surface area contributed by atoms with E-state index < -0.39 is 17.6 Å². The van der Waals surface area contributed by atoms with Crippen LogP contribution in [-0.4, -0.2) is 41.8 Å². The molecule has 0 saturated carbocycles. The molecule has 1 unspecified atom stereocenters. The molecule has 2 rings (SSSR count). The van der Waals surface area contributed by atoms with Gasteiger partial charge in [-0.05, 0) is 61.3 Å². The maximum Gasteiger partial charge on any atom is 0.338 e. The number of rotatable bonds is 3. The first-order chi connectivity index (χ1) is 12.0. The van der Waals surface area contributed by atoms with Crippen LogP contribution in [0, 0.1) is 0 Å². The molecule has 1 atom stereocenters. The predicted octanol–water partition coefficient (Wildman–Crippen LogP) is 3.48. The molecular weight excluding hydrogens is 404 g/mol. The standard InChI is InChI=1S/C18H23BrN2O5/c1-9-13(16(23)26-18(2,3)4)14(20-17(24)21(9)5)10-7-11(19)15(22)12(8-10)25-6/h7-8,14,22H,1-6H3,(H,20,24). The monoisotopic (exact) mass is 426 g/mol. The minimum Gasteiger partial charge on any atom is -0.503 e. The maximum absolute atomic E-state index is 12.8. The number of amides is 2. The van der Waals surface area contributed by atoms with Crippen molar-refractivity contribution in [1.82, 2.24) is 10.2 Å². The van der Waals surface area contributed by atoms with Crippen molar-refractivity contribution in [1.29, 1.82) is 0 Å². The Kier molecular flexibility index (Phi) is 5.55. The molecule has 1 aliphatic rings. The molecule has 0 saturated heterocycles. The van der Waals surface area contributed by atoms with Crippen molar-refractivity contribution in [3.8, 4) is 11.5 Å². The van der Waals surface area contributed by atoms with Crippen LogP contribution in [0.25, 0.3) is 0 Å². The number of esters is 1. The van der Waals surface area contributed by atoms with Gasteiger partial charge >= 0.3 is 12.0 Å². The number of phenols is 1. The molecule has 1 aliphatic heterocycles. The highest BCUT2D eigenvalue weighted by Gasteiger charge is 2.37. The molecule has 8 heteroatoms. The lowest BCUT2D eigenvalue weighted by Crippen LogP contribution is -2.46. The molecule has 0 fully saturated rings. The number of methoxy groups -OCH3 is 1. The van der Waals surface area contributed by atoms with Crippen LogP contribution in [0.5, 0.6) is 11.5 Å². The Morgan fingerprint density at radius 1 is 1.35 bits per heavy atom. The molecule has 0 aromatic heterocycles. The summed E-state index contributed by atoms with van der Waals surface area (Å²) in [6.07, 6.45) is 0. The van der Waals surface area contributed by atoms with E-state index in [2.05, 4.69) is 21.2 Å². The zero-order chi connectivity index (χ0) is 19.8. The molecule has 0 aliphatic carbocycles. The lowest BCUT2D eigenvalue weighted by Gasteiger charge is -2.34. The third-order valence-corrected chi connectivity index (χ3v) is 4.58. The van der Waals surface area contributed by atoms with Gasteiger partial charge in [-0.25, -0.2) is 9.59 Å². The number of urea groups is 1. The van der Waals surface area contributed by atoms with E-state index in [0.29, 0.717) is 21.3 Å². The van der Waals surface area contributed by atoms with Gasteiger partial charge in [-0.15, -0.1) is 0 Å². The highest BCUT2D eigenvalue weighted by Crippen LogP contribution is 2.40. The van der Waals surface area contributed by atoms with E-state index in [9.17, 15) is 14.7 Å². The van der Waals surface area contributed by atoms with E-state index in [1.165, 1.54) is 12.0 Å². The van der Waals surface area contributed by atoms with E-state index >= 15 is 0 Å². The normalized spacial score (nSPS) is 17.9. The molecule has 7 nitrogen and oxygen atoms in total. The van der Waals surface area contributed by atoms with Crippen LogP contribution < -0.4 is 10.1 Å². The van der Waals surface area contributed by atoms with Crippen LogP contribution >= 0.6 is 15.9 Å². The van der Waals surface area contributed by atoms with Crippen molar-refractivity contribution >= 4 is 27.9 Å². The van der Waals surface area contributed by atoms with Crippen molar-refractivity contribution in [2.45, 2.75) is 39.3 Å². The van der Waals surface area contributed by atoms with Gasteiger partial charge < -0.3 is 24.8 Å². The van der Waals surface area contributed by atoms with Gasteiger partial charge in [0.1, 0.15) is 5.60 Å². The van der Waals surface area contributed by atoms with Gasteiger partial charge in [-0.3, -0.25) is 0 Å². The van der Waals surface area contributed by atoms with Crippen molar-refractivity contribution in [2.24, 2.45) is 0 Å². The van der Waals surface area contributed by atoms with Crippen LogP contribution in [-0.2, 0) is 9.53 Å². The smallest absolute Gasteiger partial charge is 0.338 e. The molecule has 2 amide bonds. The number of ether oxygens (including phenoxy) is 2. The summed E-state index contributed by atoms with van der Waals surface area (Å²) in [4.78, 5) is 26.5. The minimum atomic E-state index is -0.737. The van der Waals surface area contributed by atoms with E-state index in [-0.39, 0.29) is 17.5 Å². The Balaban J connectivity index is 2.59. The molecule has 0 spiro atoms. The second-order valence-corrected chi connectivity index (χ2v) is 7.85. The summed E-state index contributed by atoms with van der Waals surface area (Å²) in [7, 11) is 3.01. The third-order valence-electron chi connectivity index (χ3n) is 3.98. The van der Waals surface area contributed by atoms with Crippen molar-refractivity contribution < 1.29 is 24.2 Å². The number of halogens is 1. The summed E-state index contributed by atoms with van der Waals surface area (Å²) in [5, 5.41) is 12.8. The molecule has 1 aromatic carbocycles. The van der Waals surface area contributed by atoms with Gasteiger partial charge in [-0.1, -0.05) is 0 Å².